The molecule has 1 aliphatic rings. The van der Waals surface area contributed by atoms with Crippen molar-refractivity contribution < 1.29 is 23.4 Å². The van der Waals surface area contributed by atoms with E-state index in [0.29, 0.717) is 23.5 Å². The van der Waals surface area contributed by atoms with Crippen molar-refractivity contribution in [2.24, 2.45) is 0 Å². The lowest BCUT2D eigenvalue weighted by Gasteiger charge is -2.30. The Labute approximate surface area is 209 Å². The van der Waals surface area contributed by atoms with Gasteiger partial charge in [0.15, 0.2) is 11.4 Å². The highest BCUT2D eigenvalue weighted by atomic mass is 19.3. The van der Waals surface area contributed by atoms with Gasteiger partial charge in [0, 0.05) is 36.1 Å². The Hall–Kier alpha value is -3.17. The minimum Gasteiger partial charge on any atom is -0.384 e. The molecule has 2 atom stereocenters. The molecule has 0 aliphatic carbocycles. The molecule has 0 spiro atoms. The summed E-state index contributed by atoms with van der Waals surface area (Å²) in [5, 5.41) is 23.5. The number of likely N-dealkylation sites (N-methyl/N-ethyl adjacent to an activating group) is 1. The van der Waals surface area contributed by atoms with E-state index >= 15 is 0 Å². The number of anilines is 2. The van der Waals surface area contributed by atoms with Crippen LogP contribution in [-0.2, 0) is 21.1 Å². The number of aromatic nitrogens is 2. The fraction of sp³-hybridized carbons (Fsp3) is 0.444. The Morgan fingerprint density at radius 3 is 2.50 bits per heavy atom. The van der Waals surface area contributed by atoms with E-state index in [2.05, 4.69) is 15.5 Å². The second-order valence-electron chi connectivity index (χ2n) is 9.92. The van der Waals surface area contributed by atoms with Crippen LogP contribution in [0.4, 0.5) is 20.3 Å². The Morgan fingerprint density at radius 2 is 1.89 bits per heavy atom. The first kappa shape index (κ1) is 25.9. The van der Waals surface area contributed by atoms with Gasteiger partial charge in [0.1, 0.15) is 5.60 Å². The molecule has 4 rings (SSSR count). The van der Waals surface area contributed by atoms with Crippen molar-refractivity contribution in [1.82, 2.24) is 10.2 Å². The number of rotatable bonds is 7. The quantitative estimate of drug-likeness (QED) is 0.466. The van der Waals surface area contributed by atoms with Gasteiger partial charge in [0.2, 0.25) is 0 Å². The lowest BCUT2D eigenvalue weighted by atomic mass is 9.90. The SMILES string of the molecule is CCC1(OC)C(=O)N(C)c2cc3c(N[C@H](C)c4cccc(C(F)(F)C(C)(C)O)c4)nnc(C)c3cc21. The highest BCUT2D eigenvalue weighted by molar-refractivity contribution is 6.10. The van der Waals surface area contributed by atoms with Gasteiger partial charge in [0.05, 0.1) is 17.4 Å². The summed E-state index contributed by atoms with van der Waals surface area (Å²) in [6.07, 6.45) is 0.483. The first-order valence-corrected chi connectivity index (χ1v) is 11.9. The molecule has 36 heavy (non-hydrogen) atoms. The summed E-state index contributed by atoms with van der Waals surface area (Å²) in [4.78, 5) is 14.7. The summed E-state index contributed by atoms with van der Waals surface area (Å²) in [6, 6.07) is 9.41. The van der Waals surface area contributed by atoms with Crippen molar-refractivity contribution in [2.75, 3.05) is 24.4 Å². The number of carbonyl (C=O) groups excluding carboxylic acids is 1. The number of hydrogen-bond acceptors (Lipinski definition) is 6. The lowest BCUT2D eigenvalue weighted by Crippen LogP contribution is -2.40. The molecule has 0 fully saturated rings. The lowest BCUT2D eigenvalue weighted by molar-refractivity contribution is -0.168. The van der Waals surface area contributed by atoms with E-state index in [-0.39, 0.29) is 11.5 Å². The third-order valence-corrected chi connectivity index (χ3v) is 7.24. The average molecular weight is 499 g/mol. The number of methoxy groups -OCH3 is 1. The zero-order chi connectivity index (χ0) is 26.6. The summed E-state index contributed by atoms with van der Waals surface area (Å²) in [5.41, 5.74) is -0.725. The van der Waals surface area contributed by atoms with E-state index in [1.165, 1.54) is 19.2 Å². The summed E-state index contributed by atoms with van der Waals surface area (Å²) in [6.45, 7) is 7.78. The predicted molar refractivity (Wildman–Crippen MR) is 135 cm³/mol. The first-order valence-electron chi connectivity index (χ1n) is 11.9. The fourth-order valence-corrected chi connectivity index (χ4v) is 4.85. The minimum absolute atomic E-state index is 0.135. The number of nitrogens with one attached hydrogen (secondary N) is 1. The standard InChI is InChI=1S/C27H32F2N4O3/c1-8-26(36-7)21-13-19-16(3)31-32-23(20(19)14-22(21)33(6)24(26)34)30-15(2)17-10-9-11-18(12-17)27(28,29)25(4,5)35/h9-15,35H,8H2,1-7H3,(H,30,32)/t15-,26?/m1/s1. The molecule has 9 heteroatoms. The van der Waals surface area contributed by atoms with Crippen molar-refractivity contribution in [2.45, 2.75) is 64.2 Å². The molecular formula is C27H32F2N4O3. The van der Waals surface area contributed by atoms with Crippen LogP contribution in [0.1, 0.15) is 62.5 Å². The van der Waals surface area contributed by atoms with Crippen LogP contribution in [0.5, 0.6) is 0 Å². The molecule has 7 nitrogen and oxygen atoms in total. The van der Waals surface area contributed by atoms with Crippen LogP contribution in [0.25, 0.3) is 10.8 Å². The summed E-state index contributed by atoms with van der Waals surface area (Å²) in [5.74, 6) is -3.09. The Morgan fingerprint density at radius 1 is 1.19 bits per heavy atom. The summed E-state index contributed by atoms with van der Waals surface area (Å²) >= 11 is 0. The molecule has 0 bridgehead atoms. The van der Waals surface area contributed by atoms with Gasteiger partial charge in [-0.25, -0.2) is 0 Å². The van der Waals surface area contributed by atoms with Crippen LogP contribution >= 0.6 is 0 Å². The van der Waals surface area contributed by atoms with E-state index < -0.39 is 23.2 Å². The maximum atomic E-state index is 14.8. The third-order valence-electron chi connectivity index (χ3n) is 7.24. The van der Waals surface area contributed by atoms with Crippen LogP contribution in [-0.4, -0.2) is 41.0 Å². The van der Waals surface area contributed by atoms with Crippen molar-refractivity contribution in [3.8, 4) is 0 Å². The average Bonchev–Trinajstić information content (AvgIpc) is 3.05. The molecule has 1 amide bonds. The Kier molecular flexibility index (Phi) is 6.29. The van der Waals surface area contributed by atoms with E-state index in [9.17, 15) is 18.7 Å². The van der Waals surface area contributed by atoms with Gasteiger partial charge in [-0.3, -0.25) is 4.79 Å². The number of alkyl halides is 2. The van der Waals surface area contributed by atoms with E-state index in [4.69, 9.17) is 4.74 Å². The Bertz CT molecular complexity index is 1330. The second-order valence-corrected chi connectivity index (χ2v) is 9.92. The van der Waals surface area contributed by atoms with E-state index in [1.807, 2.05) is 32.9 Å². The number of ether oxygens (including phenoxy) is 1. The molecule has 0 radical (unpaired) electrons. The van der Waals surface area contributed by atoms with E-state index in [0.717, 1.165) is 35.9 Å². The number of hydrogen-bond donors (Lipinski definition) is 2. The van der Waals surface area contributed by atoms with Crippen molar-refractivity contribution >= 4 is 28.2 Å². The highest BCUT2D eigenvalue weighted by Crippen LogP contribution is 2.47. The van der Waals surface area contributed by atoms with Gasteiger partial charge < -0.3 is 20.1 Å². The molecule has 3 aromatic rings. The molecule has 0 saturated carbocycles. The number of carbonyl (C=O) groups is 1. The van der Waals surface area contributed by atoms with Crippen molar-refractivity contribution in [3.63, 3.8) is 0 Å². The van der Waals surface area contributed by atoms with Crippen LogP contribution in [0, 0.1) is 6.92 Å². The predicted octanol–water partition coefficient (Wildman–Crippen LogP) is 5.20. The molecule has 1 aromatic heterocycles. The zero-order valence-corrected chi connectivity index (χ0v) is 21.6. The number of aryl methyl sites for hydroxylation is 1. The van der Waals surface area contributed by atoms with Crippen LogP contribution in [0.3, 0.4) is 0 Å². The normalized spacial score (nSPS) is 19.1. The minimum atomic E-state index is -3.43. The monoisotopic (exact) mass is 498 g/mol. The Balaban J connectivity index is 1.77. The molecule has 192 valence electrons. The van der Waals surface area contributed by atoms with Crippen LogP contribution < -0.4 is 10.2 Å². The second kappa shape index (κ2) is 8.74. The van der Waals surface area contributed by atoms with Crippen molar-refractivity contribution in [3.05, 3.63) is 58.8 Å². The first-order chi connectivity index (χ1) is 16.8. The van der Waals surface area contributed by atoms with Gasteiger partial charge in [-0.1, -0.05) is 25.1 Å². The van der Waals surface area contributed by atoms with Gasteiger partial charge in [-0.2, -0.15) is 13.9 Å². The fourth-order valence-electron chi connectivity index (χ4n) is 4.85. The van der Waals surface area contributed by atoms with Crippen LogP contribution in [0.15, 0.2) is 36.4 Å². The smallest absolute Gasteiger partial charge is 0.300 e. The van der Waals surface area contributed by atoms with Gasteiger partial charge in [-0.15, -0.1) is 5.10 Å². The third kappa shape index (κ3) is 3.81. The largest absolute Gasteiger partial charge is 0.384 e. The number of amides is 1. The number of nitrogens with zero attached hydrogens (tertiary/aromatic N) is 3. The molecule has 1 unspecified atom stereocenters. The molecule has 2 N–H and O–H groups in total. The molecular weight excluding hydrogens is 466 g/mol. The molecule has 0 saturated heterocycles. The maximum Gasteiger partial charge on any atom is 0.300 e. The summed E-state index contributed by atoms with van der Waals surface area (Å²) < 4.78 is 35.3. The zero-order valence-electron chi connectivity index (χ0n) is 21.6. The van der Waals surface area contributed by atoms with Gasteiger partial charge in [0.25, 0.3) is 5.91 Å². The number of halogens is 2. The topological polar surface area (TPSA) is 87.6 Å². The summed E-state index contributed by atoms with van der Waals surface area (Å²) in [7, 11) is 3.26. The number of fused-ring (bicyclic) bond motifs is 2. The highest BCUT2D eigenvalue weighted by Gasteiger charge is 2.49. The van der Waals surface area contributed by atoms with Crippen LogP contribution in [0.2, 0.25) is 0 Å². The molecule has 2 heterocycles. The number of aliphatic hydroxyl groups is 1. The molecule has 2 aromatic carbocycles. The van der Waals surface area contributed by atoms with E-state index in [1.54, 1.807) is 24.1 Å². The van der Waals surface area contributed by atoms with Crippen molar-refractivity contribution in [1.29, 1.82) is 0 Å². The van der Waals surface area contributed by atoms with Gasteiger partial charge in [-0.05, 0) is 57.9 Å². The molecule has 1 aliphatic heterocycles. The van der Waals surface area contributed by atoms with Gasteiger partial charge >= 0.3 is 5.92 Å². The number of benzene rings is 2. The maximum absolute atomic E-state index is 14.8.